The van der Waals surface area contributed by atoms with Gasteiger partial charge in [-0.3, -0.25) is 0 Å². The molecule has 0 fully saturated rings. The zero-order valence-electron chi connectivity index (χ0n) is 11.0. The molecule has 1 nitrogen and oxygen atoms in total. The van der Waals surface area contributed by atoms with E-state index in [2.05, 4.69) is 84.5 Å². The maximum Gasteiger partial charge on any atom is 0.0492 e. The number of halogens is 1. The summed E-state index contributed by atoms with van der Waals surface area (Å²) in [5.41, 5.74) is 4.98. The molecule has 0 spiro atoms. The highest BCUT2D eigenvalue weighted by Gasteiger charge is 2.08. The second-order valence-electron chi connectivity index (χ2n) is 4.71. The summed E-state index contributed by atoms with van der Waals surface area (Å²) < 4.78 is 1.14. The van der Waals surface area contributed by atoms with E-state index in [9.17, 15) is 0 Å². The quantitative estimate of drug-likeness (QED) is 0.817. The molecule has 18 heavy (non-hydrogen) atoms. The van der Waals surface area contributed by atoms with Crippen LogP contribution in [0.5, 0.6) is 0 Å². The average Bonchev–Trinajstić information content (AvgIpc) is 2.36. The van der Waals surface area contributed by atoms with Crippen molar-refractivity contribution in [1.82, 2.24) is 0 Å². The molecule has 0 aromatic heterocycles. The van der Waals surface area contributed by atoms with Gasteiger partial charge in [-0.15, -0.1) is 0 Å². The Balaban J connectivity index is 2.18. The fourth-order valence-corrected chi connectivity index (χ4v) is 2.31. The van der Waals surface area contributed by atoms with Crippen molar-refractivity contribution in [2.24, 2.45) is 0 Å². The Bertz CT molecular complexity index is 531. The summed E-state index contributed by atoms with van der Waals surface area (Å²) in [6.07, 6.45) is 0. The molecule has 0 aliphatic rings. The molecule has 0 aliphatic heterocycles. The third kappa shape index (κ3) is 2.94. The molecule has 0 heterocycles. The van der Waals surface area contributed by atoms with E-state index in [1.807, 2.05) is 0 Å². The van der Waals surface area contributed by atoms with Gasteiger partial charge in [0.25, 0.3) is 0 Å². The van der Waals surface area contributed by atoms with Crippen molar-refractivity contribution in [3.63, 3.8) is 0 Å². The number of hydrogen-bond donors (Lipinski definition) is 1. The Morgan fingerprint density at radius 2 is 1.67 bits per heavy atom. The van der Waals surface area contributed by atoms with E-state index in [0.717, 1.165) is 10.2 Å². The molecule has 0 radical (unpaired) electrons. The molecule has 0 bridgehead atoms. The topological polar surface area (TPSA) is 12.0 Å². The molecule has 2 aromatic carbocycles. The van der Waals surface area contributed by atoms with Crippen LogP contribution in [-0.4, -0.2) is 0 Å². The highest BCUT2D eigenvalue weighted by Crippen LogP contribution is 2.29. The van der Waals surface area contributed by atoms with Crippen LogP contribution >= 0.6 is 15.9 Å². The van der Waals surface area contributed by atoms with Crippen LogP contribution in [0.2, 0.25) is 0 Å². The lowest BCUT2D eigenvalue weighted by Gasteiger charge is -2.18. The lowest BCUT2D eigenvalue weighted by molar-refractivity contribution is 0.882. The number of rotatable bonds is 3. The molecular formula is C16H18BrN. The van der Waals surface area contributed by atoms with Crippen molar-refractivity contribution in [1.29, 1.82) is 0 Å². The lowest BCUT2D eigenvalue weighted by Crippen LogP contribution is -2.07. The maximum atomic E-state index is 3.63. The SMILES string of the molecule is Cc1ccc(C(C)Nc2cccc(C)c2Br)cc1. The molecular weight excluding hydrogens is 286 g/mol. The van der Waals surface area contributed by atoms with Crippen LogP contribution in [0.1, 0.15) is 29.7 Å². The molecule has 1 unspecified atom stereocenters. The Morgan fingerprint density at radius 3 is 2.33 bits per heavy atom. The molecule has 2 rings (SSSR count). The minimum Gasteiger partial charge on any atom is -0.378 e. The first-order chi connectivity index (χ1) is 8.58. The zero-order chi connectivity index (χ0) is 13.1. The normalized spacial score (nSPS) is 12.2. The van der Waals surface area contributed by atoms with Crippen molar-refractivity contribution in [2.45, 2.75) is 26.8 Å². The summed E-state index contributed by atoms with van der Waals surface area (Å²) in [7, 11) is 0. The minimum absolute atomic E-state index is 0.295. The van der Waals surface area contributed by atoms with Gasteiger partial charge in [-0.05, 0) is 53.9 Å². The molecule has 94 valence electrons. The number of benzene rings is 2. The fraction of sp³-hybridized carbons (Fsp3) is 0.250. The Kier molecular flexibility index (Phi) is 4.07. The summed E-state index contributed by atoms with van der Waals surface area (Å²) >= 11 is 3.63. The molecule has 1 atom stereocenters. The zero-order valence-corrected chi connectivity index (χ0v) is 12.6. The third-order valence-electron chi connectivity index (χ3n) is 3.14. The van der Waals surface area contributed by atoms with E-state index in [4.69, 9.17) is 0 Å². The van der Waals surface area contributed by atoms with Gasteiger partial charge in [-0.1, -0.05) is 42.0 Å². The number of aryl methyl sites for hydroxylation is 2. The third-order valence-corrected chi connectivity index (χ3v) is 4.19. The molecule has 0 saturated carbocycles. The van der Waals surface area contributed by atoms with Crippen LogP contribution in [0.3, 0.4) is 0 Å². The Hall–Kier alpha value is -1.28. The van der Waals surface area contributed by atoms with E-state index < -0.39 is 0 Å². The van der Waals surface area contributed by atoms with E-state index in [1.54, 1.807) is 0 Å². The van der Waals surface area contributed by atoms with Crippen molar-refractivity contribution in [3.05, 3.63) is 63.6 Å². The number of nitrogens with one attached hydrogen (secondary N) is 1. The lowest BCUT2D eigenvalue weighted by atomic mass is 10.1. The van der Waals surface area contributed by atoms with E-state index in [1.165, 1.54) is 16.7 Å². The van der Waals surface area contributed by atoms with Crippen LogP contribution in [0.15, 0.2) is 46.9 Å². The number of hydrogen-bond acceptors (Lipinski definition) is 1. The van der Waals surface area contributed by atoms with Crippen LogP contribution in [0.25, 0.3) is 0 Å². The molecule has 1 N–H and O–H groups in total. The first-order valence-corrected chi connectivity index (χ1v) is 6.95. The van der Waals surface area contributed by atoms with Gasteiger partial charge >= 0.3 is 0 Å². The van der Waals surface area contributed by atoms with Crippen LogP contribution in [0.4, 0.5) is 5.69 Å². The van der Waals surface area contributed by atoms with Gasteiger partial charge in [0.15, 0.2) is 0 Å². The smallest absolute Gasteiger partial charge is 0.0492 e. The average molecular weight is 304 g/mol. The second kappa shape index (κ2) is 5.57. The van der Waals surface area contributed by atoms with E-state index in [-0.39, 0.29) is 0 Å². The fourth-order valence-electron chi connectivity index (χ4n) is 1.93. The van der Waals surface area contributed by atoms with Gasteiger partial charge in [0.05, 0.1) is 0 Å². The summed E-state index contributed by atoms with van der Waals surface area (Å²) in [4.78, 5) is 0. The van der Waals surface area contributed by atoms with Crippen molar-refractivity contribution in [2.75, 3.05) is 5.32 Å². The minimum atomic E-state index is 0.295. The molecule has 0 aliphatic carbocycles. The van der Waals surface area contributed by atoms with Crippen LogP contribution < -0.4 is 5.32 Å². The highest BCUT2D eigenvalue weighted by molar-refractivity contribution is 9.10. The van der Waals surface area contributed by atoms with Gasteiger partial charge in [0, 0.05) is 16.2 Å². The monoisotopic (exact) mass is 303 g/mol. The molecule has 2 heteroatoms. The predicted octanol–water partition coefficient (Wildman–Crippen LogP) is 5.24. The van der Waals surface area contributed by atoms with Gasteiger partial charge in [-0.2, -0.15) is 0 Å². The van der Waals surface area contributed by atoms with Crippen molar-refractivity contribution >= 4 is 21.6 Å². The summed E-state index contributed by atoms with van der Waals surface area (Å²) in [5.74, 6) is 0. The second-order valence-corrected chi connectivity index (χ2v) is 5.51. The highest BCUT2D eigenvalue weighted by atomic mass is 79.9. The Morgan fingerprint density at radius 1 is 1.00 bits per heavy atom. The molecule has 2 aromatic rings. The molecule has 0 amide bonds. The first-order valence-electron chi connectivity index (χ1n) is 6.16. The van der Waals surface area contributed by atoms with Crippen LogP contribution in [0, 0.1) is 13.8 Å². The number of anilines is 1. The van der Waals surface area contributed by atoms with Crippen molar-refractivity contribution in [3.8, 4) is 0 Å². The predicted molar refractivity (Wildman–Crippen MR) is 82.1 cm³/mol. The van der Waals surface area contributed by atoms with Crippen LogP contribution in [-0.2, 0) is 0 Å². The first kappa shape index (κ1) is 13.2. The summed E-state index contributed by atoms with van der Waals surface area (Å²) in [5, 5.41) is 3.54. The van der Waals surface area contributed by atoms with Gasteiger partial charge in [0.2, 0.25) is 0 Å². The summed E-state index contributed by atoms with van der Waals surface area (Å²) in [6.45, 7) is 6.39. The van der Waals surface area contributed by atoms with Gasteiger partial charge in [-0.25, -0.2) is 0 Å². The van der Waals surface area contributed by atoms with E-state index >= 15 is 0 Å². The standard InChI is InChI=1S/C16H18BrN/c1-11-7-9-14(10-8-11)13(3)18-15-6-4-5-12(2)16(15)17/h4-10,13,18H,1-3H3. The molecule has 0 saturated heterocycles. The van der Waals surface area contributed by atoms with Gasteiger partial charge < -0.3 is 5.32 Å². The summed E-state index contributed by atoms with van der Waals surface area (Å²) in [6, 6.07) is 15.2. The maximum absolute atomic E-state index is 3.63. The Labute approximate surface area is 117 Å². The van der Waals surface area contributed by atoms with Crippen molar-refractivity contribution < 1.29 is 0 Å². The van der Waals surface area contributed by atoms with Gasteiger partial charge in [0.1, 0.15) is 0 Å². The largest absolute Gasteiger partial charge is 0.378 e. The van der Waals surface area contributed by atoms with E-state index in [0.29, 0.717) is 6.04 Å².